The van der Waals surface area contributed by atoms with E-state index in [4.69, 9.17) is 0 Å². The molecule has 1 heterocycles. The van der Waals surface area contributed by atoms with Crippen LogP contribution >= 0.6 is 0 Å². The molecule has 1 aromatic carbocycles. The minimum absolute atomic E-state index is 0.745. The van der Waals surface area contributed by atoms with Crippen molar-refractivity contribution in [3.05, 3.63) is 28.8 Å². The maximum absolute atomic E-state index is 3.44. The third kappa shape index (κ3) is 2.63. The fraction of sp³-hybridized carbons (Fsp3) is 0.600. The zero-order chi connectivity index (χ0) is 12.4. The van der Waals surface area contributed by atoms with Crippen LogP contribution in [-0.4, -0.2) is 27.2 Å². The monoisotopic (exact) mass is 232 g/mol. The van der Waals surface area contributed by atoms with E-state index in [9.17, 15) is 0 Å². The maximum atomic E-state index is 3.44. The minimum Gasteiger partial charge on any atom is -0.377 e. The summed E-state index contributed by atoms with van der Waals surface area (Å²) in [5.41, 5.74) is 5.73. The quantitative estimate of drug-likeness (QED) is 0.843. The van der Waals surface area contributed by atoms with E-state index in [0.29, 0.717) is 0 Å². The standard InChI is InChI=1S/C15H24N2/c1-11-9-14(13-5-7-16-8-6-13)10-15(12(11)2)17(3)4/h9-10,13,16H,5-8H2,1-4H3. The second-order valence-electron chi connectivity index (χ2n) is 5.40. The molecule has 0 atom stereocenters. The van der Waals surface area contributed by atoms with E-state index >= 15 is 0 Å². The van der Waals surface area contributed by atoms with Crippen molar-refractivity contribution < 1.29 is 0 Å². The van der Waals surface area contributed by atoms with Gasteiger partial charge in [-0.05, 0) is 68.5 Å². The van der Waals surface area contributed by atoms with E-state index in [1.54, 1.807) is 0 Å². The molecular formula is C15H24N2. The predicted octanol–water partition coefficient (Wildman–Crippen LogP) is 2.84. The highest BCUT2D eigenvalue weighted by Crippen LogP contribution is 2.31. The Labute approximate surface area is 105 Å². The number of nitrogens with one attached hydrogen (secondary N) is 1. The fourth-order valence-electron chi connectivity index (χ4n) is 2.72. The molecule has 0 radical (unpaired) electrons. The summed E-state index contributed by atoms with van der Waals surface area (Å²) in [6.45, 7) is 6.77. The van der Waals surface area contributed by atoms with Crippen molar-refractivity contribution in [2.24, 2.45) is 0 Å². The molecule has 0 amide bonds. The van der Waals surface area contributed by atoms with Gasteiger partial charge in [-0.1, -0.05) is 6.07 Å². The van der Waals surface area contributed by atoms with Crippen LogP contribution in [0, 0.1) is 13.8 Å². The maximum Gasteiger partial charge on any atom is 0.0396 e. The Morgan fingerprint density at radius 1 is 1.12 bits per heavy atom. The summed E-state index contributed by atoms with van der Waals surface area (Å²) in [5.74, 6) is 0.745. The number of hydrogen-bond acceptors (Lipinski definition) is 2. The summed E-state index contributed by atoms with van der Waals surface area (Å²) < 4.78 is 0. The first kappa shape index (κ1) is 12.4. The number of piperidine rings is 1. The Morgan fingerprint density at radius 3 is 2.35 bits per heavy atom. The van der Waals surface area contributed by atoms with Gasteiger partial charge in [0.05, 0.1) is 0 Å². The van der Waals surface area contributed by atoms with Gasteiger partial charge < -0.3 is 10.2 Å². The largest absolute Gasteiger partial charge is 0.377 e. The third-order valence-electron chi connectivity index (χ3n) is 3.95. The SMILES string of the molecule is Cc1cc(C2CCNCC2)cc(N(C)C)c1C. The van der Waals surface area contributed by atoms with Crippen LogP contribution in [0.25, 0.3) is 0 Å². The first-order chi connectivity index (χ1) is 8.09. The van der Waals surface area contributed by atoms with E-state index in [-0.39, 0.29) is 0 Å². The normalized spacial score (nSPS) is 17.2. The van der Waals surface area contributed by atoms with Gasteiger partial charge in [0.1, 0.15) is 0 Å². The molecule has 1 aromatic rings. The van der Waals surface area contributed by atoms with Gasteiger partial charge in [0.2, 0.25) is 0 Å². The van der Waals surface area contributed by atoms with Crippen molar-refractivity contribution in [2.75, 3.05) is 32.1 Å². The van der Waals surface area contributed by atoms with Crippen molar-refractivity contribution in [1.29, 1.82) is 0 Å². The number of benzene rings is 1. The van der Waals surface area contributed by atoms with Crippen molar-refractivity contribution >= 4 is 5.69 Å². The Morgan fingerprint density at radius 2 is 1.76 bits per heavy atom. The molecule has 1 N–H and O–H groups in total. The topological polar surface area (TPSA) is 15.3 Å². The van der Waals surface area contributed by atoms with Gasteiger partial charge in [0, 0.05) is 19.8 Å². The molecule has 0 saturated carbocycles. The molecule has 17 heavy (non-hydrogen) atoms. The lowest BCUT2D eigenvalue weighted by Gasteiger charge is -2.26. The summed E-state index contributed by atoms with van der Waals surface area (Å²) in [5, 5.41) is 3.44. The Hall–Kier alpha value is -1.02. The molecule has 2 heteroatoms. The second kappa shape index (κ2) is 5.09. The number of aryl methyl sites for hydroxylation is 1. The van der Waals surface area contributed by atoms with Crippen LogP contribution in [-0.2, 0) is 0 Å². The van der Waals surface area contributed by atoms with E-state index in [1.807, 2.05) is 0 Å². The molecule has 0 bridgehead atoms. The summed E-state index contributed by atoms with van der Waals surface area (Å²) in [4.78, 5) is 2.23. The first-order valence-corrected chi connectivity index (χ1v) is 6.59. The summed E-state index contributed by atoms with van der Waals surface area (Å²) in [6.07, 6.45) is 2.55. The van der Waals surface area contributed by atoms with E-state index in [0.717, 1.165) is 19.0 Å². The number of anilines is 1. The molecule has 1 aliphatic heterocycles. The second-order valence-corrected chi connectivity index (χ2v) is 5.40. The van der Waals surface area contributed by atoms with Gasteiger partial charge in [-0.3, -0.25) is 0 Å². The Bertz CT molecular complexity index is 390. The molecule has 94 valence electrons. The van der Waals surface area contributed by atoms with E-state index in [1.165, 1.54) is 35.2 Å². The summed E-state index contributed by atoms with van der Waals surface area (Å²) >= 11 is 0. The average Bonchev–Trinajstić information content (AvgIpc) is 2.33. The molecule has 1 fully saturated rings. The lowest BCUT2D eigenvalue weighted by atomic mass is 9.88. The molecule has 2 rings (SSSR count). The highest BCUT2D eigenvalue weighted by molar-refractivity contribution is 5.57. The zero-order valence-electron chi connectivity index (χ0n) is 11.5. The van der Waals surface area contributed by atoms with Crippen LogP contribution in [0.3, 0.4) is 0 Å². The van der Waals surface area contributed by atoms with Crippen LogP contribution in [0.5, 0.6) is 0 Å². The fourth-order valence-corrected chi connectivity index (χ4v) is 2.72. The predicted molar refractivity (Wildman–Crippen MR) is 75.1 cm³/mol. The summed E-state index contributed by atoms with van der Waals surface area (Å²) in [6, 6.07) is 4.77. The van der Waals surface area contributed by atoms with Gasteiger partial charge >= 0.3 is 0 Å². The van der Waals surface area contributed by atoms with Crippen molar-refractivity contribution in [2.45, 2.75) is 32.6 Å². The number of rotatable bonds is 2. The molecule has 0 unspecified atom stereocenters. The number of hydrogen-bond donors (Lipinski definition) is 1. The molecule has 0 aliphatic carbocycles. The highest BCUT2D eigenvalue weighted by atomic mass is 15.1. The van der Waals surface area contributed by atoms with E-state index in [2.05, 4.69) is 50.3 Å². The molecule has 0 aromatic heterocycles. The third-order valence-corrected chi connectivity index (χ3v) is 3.95. The minimum atomic E-state index is 0.745. The summed E-state index contributed by atoms with van der Waals surface area (Å²) in [7, 11) is 4.27. The van der Waals surface area contributed by atoms with Crippen LogP contribution in [0.15, 0.2) is 12.1 Å². The van der Waals surface area contributed by atoms with Gasteiger partial charge in [-0.2, -0.15) is 0 Å². The van der Waals surface area contributed by atoms with Crippen LogP contribution in [0.2, 0.25) is 0 Å². The molecule has 1 saturated heterocycles. The van der Waals surface area contributed by atoms with Gasteiger partial charge in [0.25, 0.3) is 0 Å². The molecule has 2 nitrogen and oxygen atoms in total. The Balaban J connectivity index is 2.34. The van der Waals surface area contributed by atoms with Gasteiger partial charge in [-0.15, -0.1) is 0 Å². The molecule has 1 aliphatic rings. The van der Waals surface area contributed by atoms with E-state index < -0.39 is 0 Å². The Kier molecular flexibility index (Phi) is 3.72. The average molecular weight is 232 g/mol. The molecule has 0 spiro atoms. The number of nitrogens with zero attached hydrogens (tertiary/aromatic N) is 1. The van der Waals surface area contributed by atoms with Gasteiger partial charge in [0.15, 0.2) is 0 Å². The van der Waals surface area contributed by atoms with Crippen molar-refractivity contribution in [1.82, 2.24) is 5.32 Å². The lowest BCUT2D eigenvalue weighted by molar-refractivity contribution is 0.460. The molecular weight excluding hydrogens is 208 g/mol. The lowest BCUT2D eigenvalue weighted by Crippen LogP contribution is -2.26. The smallest absolute Gasteiger partial charge is 0.0396 e. The van der Waals surface area contributed by atoms with Crippen LogP contribution in [0.1, 0.15) is 35.4 Å². The van der Waals surface area contributed by atoms with Crippen molar-refractivity contribution in [3.63, 3.8) is 0 Å². The van der Waals surface area contributed by atoms with Gasteiger partial charge in [-0.25, -0.2) is 0 Å². The van der Waals surface area contributed by atoms with Crippen molar-refractivity contribution in [3.8, 4) is 0 Å². The van der Waals surface area contributed by atoms with Crippen LogP contribution < -0.4 is 10.2 Å². The first-order valence-electron chi connectivity index (χ1n) is 6.59. The zero-order valence-corrected chi connectivity index (χ0v) is 11.5. The van der Waals surface area contributed by atoms with Crippen LogP contribution in [0.4, 0.5) is 5.69 Å². The highest BCUT2D eigenvalue weighted by Gasteiger charge is 2.17.